The Bertz CT molecular complexity index is 1050. The lowest BCUT2D eigenvalue weighted by molar-refractivity contribution is 0.134. The molecule has 0 radical (unpaired) electrons. The van der Waals surface area contributed by atoms with Gasteiger partial charge in [-0.3, -0.25) is 0 Å². The Kier molecular flexibility index (Phi) is 11.0. The molecule has 0 N–H and O–H groups in total. The summed E-state index contributed by atoms with van der Waals surface area (Å²) < 4.78 is 12.8. The molecule has 4 heteroatoms. The Hall–Kier alpha value is -2.34. The average molecular weight is 571 g/mol. The second-order valence-electron chi connectivity index (χ2n) is 10.8. The minimum Gasteiger partial charge on any atom is -0.381 e. The summed E-state index contributed by atoms with van der Waals surface area (Å²) in [6.45, 7) is 3.33. The third-order valence-corrected chi connectivity index (χ3v) is 17.8. The molecular weight excluding hydrogens is 526 g/mol. The quantitative estimate of drug-likeness (QED) is 0.248. The van der Waals surface area contributed by atoms with Gasteiger partial charge in [0.05, 0.1) is 86.8 Å². The summed E-state index contributed by atoms with van der Waals surface area (Å²) in [5.41, 5.74) is 0. The molecule has 2 nitrogen and oxygen atoms in total. The van der Waals surface area contributed by atoms with Crippen LogP contribution in [0.15, 0.2) is 121 Å². The fraction of sp³-hybridized carbons (Fsp3) is 0.333. The van der Waals surface area contributed by atoms with E-state index < -0.39 is 14.5 Å². The summed E-state index contributed by atoms with van der Waals surface area (Å²) in [7, 11) is -3.09. The van der Waals surface area contributed by atoms with Gasteiger partial charge < -0.3 is 9.47 Å². The standard InChI is InChI=1S/C36H44O2P2/c1-5-17-33(18-6-1)39(34-19-7-2-8-20-34)29-13-25-37-27-15-31-40(35-21-9-3-10-22-35,36-23-11-4-12-24-36)32-16-28-38-26-14-30-39/h1-12,17-24H,13-16,25-32H2/q+2. The zero-order valence-corrected chi connectivity index (χ0v) is 25.5. The van der Waals surface area contributed by atoms with Crippen LogP contribution in [0.4, 0.5) is 0 Å². The number of rotatable bonds is 4. The molecule has 0 unspecified atom stereocenters. The van der Waals surface area contributed by atoms with Gasteiger partial charge in [-0.2, -0.15) is 0 Å². The molecule has 40 heavy (non-hydrogen) atoms. The fourth-order valence-electron chi connectivity index (χ4n) is 6.36. The molecule has 1 heterocycles. The molecule has 0 saturated carbocycles. The maximum Gasteiger partial charge on any atom is 0.0991 e. The van der Waals surface area contributed by atoms with E-state index in [-0.39, 0.29) is 0 Å². The molecule has 0 atom stereocenters. The van der Waals surface area contributed by atoms with Crippen LogP contribution in [-0.2, 0) is 9.47 Å². The van der Waals surface area contributed by atoms with Crippen molar-refractivity contribution in [3.8, 4) is 0 Å². The van der Waals surface area contributed by atoms with Gasteiger partial charge in [0.2, 0.25) is 0 Å². The Morgan fingerprint density at radius 3 is 0.775 bits per heavy atom. The third kappa shape index (κ3) is 7.10. The van der Waals surface area contributed by atoms with Crippen molar-refractivity contribution in [1.29, 1.82) is 0 Å². The Morgan fingerprint density at radius 1 is 0.325 bits per heavy atom. The van der Waals surface area contributed by atoms with Crippen LogP contribution in [0.3, 0.4) is 0 Å². The van der Waals surface area contributed by atoms with Gasteiger partial charge in [-0.25, -0.2) is 0 Å². The lowest BCUT2D eigenvalue weighted by atomic mass is 10.4. The number of hydrogen-bond acceptors (Lipinski definition) is 2. The zero-order valence-electron chi connectivity index (χ0n) is 23.7. The highest BCUT2D eigenvalue weighted by atomic mass is 31.2. The van der Waals surface area contributed by atoms with E-state index in [2.05, 4.69) is 121 Å². The highest BCUT2D eigenvalue weighted by Crippen LogP contribution is 2.58. The Labute approximate surface area is 242 Å². The number of ether oxygens (including phenoxy) is 2. The van der Waals surface area contributed by atoms with Crippen LogP contribution in [0.1, 0.15) is 25.7 Å². The van der Waals surface area contributed by atoms with Crippen molar-refractivity contribution >= 4 is 35.7 Å². The number of benzene rings is 4. The van der Waals surface area contributed by atoms with Crippen molar-refractivity contribution in [3.05, 3.63) is 121 Å². The van der Waals surface area contributed by atoms with Crippen LogP contribution in [0, 0.1) is 0 Å². The minimum atomic E-state index is -1.55. The maximum atomic E-state index is 6.38. The molecule has 0 amide bonds. The molecule has 1 saturated heterocycles. The van der Waals surface area contributed by atoms with Gasteiger partial charge in [-0.1, -0.05) is 72.8 Å². The molecule has 0 bridgehead atoms. The predicted molar refractivity (Wildman–Crippen MR) is 178 cm³/mol. The maximum absolute atomic E-state index is 6.38. The Balaban J connectivity index is 1.35. The lowest BCUT2D eigenvalue weighted by Crippen LogP contribution is -2.29. The van der Waals surface area contributed by atoms with Crippen molar-refractivity contribution in [3.63, 3.8) is 0 Å². The van der Waals surface area contributed by atoms with Gasteiger partial charge in [0, 0.05) is 25.7 Å². The van der Waals surface area contributed by atoms with Crippen LogP contribution < -0.4 is 21.2 Å². The summed E-state index contributed by atoms with van der Waals surface area (Å²) in [4.78, 5) is 0. The molecule has 1 aliphatic heterocycles. The SMILES string of the molecule is c1ccc([P+]2(c3ccccc3)CCCOCCC[P+](c3ccccc3)(c3ccccc3)CCCOCCC2)cc1. The monoisotopic (exact) mass is 570 g/mol. The predicted octanol–water partition coefficient (Wildman–Crippen LogP) is 6.93. The Morgan fingerprint density at radius 2 is 0.550 bits per heavy atom. The first-order valence-corrected chi connectivity index (χ1v) is 19.3. The van der Waals surface area contributed by atoms with Gasteiger partial charge in [0.25, 0.3) is 0 Å². The summed E-state index contributed by atoms with van der Waals surface area (Å²) in [5, 5.41) is 6.07. The molecule has 4 aromatic carbocycles. The van der Waals surface area contributed by atoms with E-state index in [1.165, 1.54) is 45.9 Å². The van der Waals surface area contributed by atoms with Crippen molar-refractivity contribution in [1.82, 2.24) is 0 Å². The minimum absolute atomic E-state index is 0.833. The van der Waals surface area contributed by atoms with Gasteiger partial charge >= 0.3 is 0 Å². The first kappa shape index (κ1) is 29.2. The van der Waals surface area contributed by atoms with E-state index in [1.54, 1.807) is 0 Å². The summed E-state index contributed by atoms with van der Waals surface area (Å²) in [5.74, 6) is 0. The normalized spacial score (nSPS) is 19.0. The van der Waals surface area contributed by atoms with E-state index >= 15 is 0 Å². The molecule has 1 aliphatic rings. The second kappa shape index (κ2) is 15.0. The first-order valence-electron chi connectivity index (χ1n) is 15.0. The first-order chi connectivity index (χ1) is 19.8. The van der Waals surface area contributed by atoms with Crippen molar-refractivity contribution in [2.45, 2.75) is 25.7 Å². The highest BCUT2D eigenvalue weighted by molar-refractivity contribution is 7.90. The van der Waals surface area contributed by atoms with Crippen molar-refractivity contribution in [2.75, 3.05) is 51.1 Å². The molecule has 4 aromatic rings. The van der Waals surface area contributed by atoms with Crippen LogP contribution >= 0.6 is 14.5 Å². The van der Waals surface area contributed by atoms with Gasteiger partial charge in [-0.05, 0) is 48.5 Å². The lowest BCUT2D eigenvalue weighted by Gasteiger charge is -2.29. The second-order valence-corrected chi connectivity index (χ2v) is 18.5. The van der Waals surface area contributed by atoms with Gasteiger partial charge in [0.1, 0.15) is 0 Å². The van der Waals surface area contributed by atoms with Crippen LogP contribution in [0.2, 0.25) is 0 Å². The van der Waals surface area contributed by atoms with Gasteiger partial charge in [-0.15, -0.1) is 0 Å². The van der Waals surface area contributed by atoms with E-state index in [0.717, 1.165) is 52.1 Å². The molecule has 208 valence electrons. The highest BCUT2D eigenvalue weighted by Gasteiger charge is 2.43. The van der Waals surface area contributed by atoms with Crippen LogP contribution in [-0.4, -0.2) is 51.1 Å². The molecule has 5 rings (SSSR count). The molecule has 0 spiro atoms. The largest absolute Gasteiger partial charge is 0.381 e. The summed E-state index contributed by atoms with van der Waals surface area (Å²) in [6, 6.07) is 45.1. The van der Waals surface area contributed by atoms with Crippen LogP contribution in [0.5, 0.6) is 0 Å². The number of hydrogen-bond donors (Lipinski definition) is 0. The van der Waals surface area contributed by atoms with Gasteiger partial charge in [0.15, 0.2) is 0 Å². The molecule has 0 aliphatic carbocycles. The van der Waals surface area contributed by atoms with E-state index in [9.17, 15) is 0 Å². The molecule has 0 aromatic heterocycles. The van der Waals surface area contributed by atoms with Crippen molar-refractivity contribution < 1.29 is 9.47 Å². The molecular formula is C36H44O2P2+2. The summed E-state index contributed by atoms with van der Waals surface area (Å²) in [6.07, 6.45) is 9.12. The topological polar surface area (TPSA) is 18.5 Å². The average Bonchev–Trinajstić information content (AvgIpc) is 3.03. The fourth-order valence-corrected chi connectivity index (χ4v) is 15.1. The van der Waals surface area contributed by atoms with Crippen LogP contribution in [0.25, 0.3) is 0 Å². The molecule has 1 fully saturated rings. The van der Waals surface area contributed by atoms with E-state index in [4.69, 9.17) is 9.47 Å². The third-order valence-electron chi connectivity index (χ3n) is 8.32. The van der Waals surface area contributed by atoms with E-state index in [0.29, 0.717) is 0 Å². The van der Waals surface area contributed by atoms with Crippen molar-refractivity contribution in [2.24, 2.45) is 0 Å². The summed E-state index contributed by atoms with van der Waals surface area (Å²) >= 11 is 0. The zero-order chi connectivity index (χ0) is 27.4. The smallest absolute Gasteiger partial charge is 0.0991 e. The van der Waals surface area contributed by atoms with E-state index in [1.807, 2.05) is 0 Å².